The first-order valence-corrected chi connectivity index (χ1v) is 5.12. The molecule has 8 nitrogen and oxygen atoms in total. The van der Waals surface area contributed by atoms with Crippen molar-refractivity contribution in [3.8, 4) is 0 Å². The van der Waals surface area contributed by atoms with Gasteiger partial charge in [-0.2, -0.15) is 0 Å². The van der Waals surface area contributed by atoms with Crippen LogP contribution in [0, 0.1) is 0 Å². The monoisotopic (exact) mass is 252 g/mol. The van der Waals surface area contributed by atoms with E-state index in [1.165, 1.54) is 6.92 Å². The molecule has 1 aliphatic rings. The summed E-state index contributed by atoms with van der Waals surface area (Å²) in [6, 6.07) is 0. The van der Waals surface area contributed by atoms with Crippen molar-refractivity contribution in [2.24, 2.45) is 0 Å². The van der Waals surface area contributed by atoms with Gasteiger partial charge in [-0.3, -0.25) is 4.79 Å². The van der Waals surface area contributed by atoms with Crippen molar-refractivity contribution in [2.75, 3.05) is 6.61 Å². The summed E-state index contributed by atoms with van der Waals surface area (Å²) in [6.07, 6.45) is -6.90. The fourth-order valence-corrected chi connectivity index (χ4v) is 1.44. The molecule has 1 heterocycles. The number of hydrogen-bond acceptors (Lipinski definition) is 8. The second kappa shape index (κ2) is 5.25. The van der Waals surface area contributed by atoms with Gasteiger partial charge in [0.05, 0.1) is 6.61 Å². The normalized spacial score (nSPS) is 42.2. The SMILES string of the molecule is CCC(=O)OC1(O)OC(CO)C(O)C(O)C1O. The Morgan fingerprint density at radius 2 is 1.94 bits per heavy atom. The fourth-order valence-electron chi connectivity index (χ4n) is 1.44. The van der Waals surface area contributed by atoms with Gasteiger partial charge in [0.15, 0.2) is 6.10 Å². The molecule has 8 heteroatoms. The summed E-state index contributed by atoms with van der Waals surface area (Å²) < 4.78 is 9.15. The lowest BCUT2D eigenvalue weighted by molar-refractivity contribution is -0.434. The molecular formula is C9H16O8. The van der Waals surface area contributed by atoms with Crippen LogP contribution in [0.15, 0.2) is 0 Å². The molecule has 0 amide bonds. The van der Waals surface area contributed by atoms with Gasteiger partial charge < -0.3 is 35.0 Å². The average molecular weight is 252 g/mol. The predicted octanol–water partition coefficient (Wildman–Crippen LogP) is -2.94. The van der Waals surface area contributed by atoms with E-state index < -0.39 is 43.0 Å². The van der Waals surface area contributed by atoms with E-state index in [4.69, 9.17) is 9.84 Å². The van der Waals surface area contributed by atoms with Crippen LogP contribution in [0.3, 0.4) is 0 Å². The molecule has 0 spiro atoms. The Hall–Kier alpha value is -0.770. The van der Waals surface area contributed by atoms with E-state index in [0.717, 1.165) is 0 Å². The maximum absolute atomic E-state index is 11.0. The zero-order valence-corrected chi connectivity index (χ0v) is 9.18. The third kappa shape index (κ3) is 2.73. The van der Waals surface area contributed by atoms with Gasteiger partial charge in [-0.1, -0.05) is 6.92 Å². The summed E-state index contributed by atoms with van der Waals surface area (Å²) in [4.78, 5) is 11.0. The number of aliphatic hydroxyl groups is 5. The van der Waals surface area contributed by atoms with Gasteiger partial charge in [0.1, 0.15) is 18.3 Å². The topological polar surface area (TPSA) is 137 Å². The lowest BCUT2D eigenvalue weighted by atomic mass is 9.98. The standard InChI is InChI=1S/C9H16O8/c1-2-5(11)17-9(15)8(14)7(13)6(12)4(3-10)16-9/h4,6-8,10,12-15H,2-3H2,1H3. The average Bonchev–Trinajstić information content (AvgIpc) is 2.31. The van der Waals surface area contributed by atoms with Gasteiger partial charge in [-0.05, 0) is 0 Å². The lowest BCUT2D eigenvalue weighted by Crippen LogP contribution is -2.66. The highest BCUT2D eigenvalue weighted by atomic mass is 16.8. The van der Waals surface area contributed by atoms with Gasteiger partial charge in [0.2, 0.25) is 0 Å². The number of carbonyl (C=O) groups excluding carboxylic acids is 1. The van der Waals surface area contributed by atoms with Gasteiger partial charge in [0.25, 0.3) is 0 Å². The Balaban J connectivity index is 2.86. The summed E-state index contributed by atoms with van der Waals surface area (Å²) in [7, 11) is 0. The summed E-state index contributed by atoms with van der Waals surface area (Å²) in [5.41, 5.74) is 0. The van der Waals surface area contributed by atoms with Gasteiger partial charge in [-0.15, -0.1) is 0 Å². The minimum Gasteiger partial charge on any atom is -0.406 e. The summed E-state index contributed by atoms with van der Waals surface area (Å²) in [5.74, 6) is -3.65. The number of hydrogen-bond donors (Lipinski definition) is 5. The lowest BCUT2D eigenvalue weighted by Gasteiger charge is -2.43. The molecule has 1 rings (SSSR count). The smallest absolute Gasteiger partial charge is 0.357 e. The zero-order valence-electron chi connectivity index (χ0n) is 9.18. The zero-order chi connectivity index (χ0) is 13.2. The molecule has 1 fully saturated rings. The Bertz CT molecular complexity index is 280. The molecule has 0 aliphatic carbocycles. The Labute approximate surface area is 97.0 Å². The molecule has 5 N–H and O–H groups in total. The first-order valence-electron chi connectivity index (χ1n) is 5.12. The maximum Gasteiger partial charge on any atom is 0.357 e. The minimum atomic E-state index is -2.78. The molecule has 0 radical (unpaired) electrons. The molecule has 100 valence electrons. The van der Waals surface area contributed by atoms with E-state index in [0.29, 0.717) is 0 Å². The van der Waals surface area contributed by atoms with Crippen molar-refractivity contribution in [3.05, 3.63) is 0 Å². The largest absolute Gasteiger partial charge is 0.406 e. The number of ether oxygens (including phenoxy) is 2. The van der Waals surface area contributed by atoms with Crippen LogP contribution >= 0.6 is 0 Å². The molecular weight excluding hydrogens is 236 g/mol. The molecule has 17 heavy (non-hydrogen) atoms. The summed E-state index contributed by atoms with van der Waals surface area (Å²) in [6.45, 7) is 0.729. The van der Waals surface area contributed by atoms with Crippen LogP contribution in [0.25, 0.3) is 0 Å². The first kappa shape index (κ1) is 14.3. The van der Waals surface area contributed by atoms with Crippen LogP contribution in [0.1, 0.15) is 13.3 Å². The van der Waals surface area contributed by atoms with Crippen LogP contribution in [0.5, 0.6) is 0 Å². The second-order valence-corrected chi connectivity index (χ2v) is 3.72. The van der Waals surface area contributed by atoms with Crippen molar-refractivity contribution >= 4 is 5.97 Å². The molecule has 5 unspecified atom stereocenters. The van der Waals surface area contributed by atoms with Crippen LogP contribution in [-0.4, -0.2) is 68.5 Å². The van der Waals surface area contributed by atoms with Gasteiger partial charge in [-0.25, -0.2) is 0 Å². The molecule has 1 saturated heterocycles. The van der Waals surface area contributed by atoms with Gasteiger partial charge >= 0.3 is 11.9 Å². The van der Waals surface area contributed by atoms with Gasteiger partial charge in [0, 0.05) is 6.42 Å². The number of rotatable bonds is 3. The van der Waals surface area contributed by atoms with Crippen LogP contribution in [0.4, 0.5) is 0 Å². The third-order valence-electron chi connectivity index (χ3n) is 2.48. The molecule has 0 aromatic rings. The number of esters is 1. The Morgan fingerprint density at radius 3 is 2.41 bits per heavy atom. The molecule has 0 bridgehead atoms. The molecule has 0 aromatic heterocycles. The van der Waals surface area contributed by atoms with Crippen molar-refractivity contribution in [1.82, 2.24) is 0 Å². The van der Waals surface area contributed by atoms with E-state index >= 15 is 0 Å². The van der Waals surface area contributed by atoms with Crippen LogP contribution in [-0.2, 0) is 14.3 Å². The highest BCUT2D eigenvalue weighted by molar-refractivity contribution is 5.69. The van der Waals surface area contributed by atoms with Crippen molar-refractivity contribution < 1.29 is 39.8 Å². The van der Waals surface area contributed by atoms with Crippen molar-refractivity contribution in [3.63, 3.8) is 0 Å². The molecule has 5 atom stereocenters. The summed E-state index contributed by atoms with van der Waals surface area (Å²) >= 11 is 0. The summed E-state index contributed by atoms with van der Waals surface area (Å²) in [5, 5.41) is 46.9. The van der Waals surface area contributed by atoms with E-state index in [1.807, 2.05) is 0 Å². The van der Waals surface area contributed by atoms with E-state index in [-0.39, 0.29) is 6.42 Å². The number of aliphatic hydroxyl groups excluding tert-OH is 4. The maximum atomic E-state index is 11.0. The third-order valence-corrected chi connectivity index (χ3v) is 2.48. The first-order chi connectivity index (χ1) is 7.85. The highest BCUT2D eigenvalue weighted by Crippen LogP contribution is 2.29. The molecule has 1 aliphatic heterocycles. The van der Waals surface area contributed by atoms with E-state index in [1.54, 1.807) is 0 Å². The van der Waals surface area contributed by atoms with Crippen molar-refractivity contribution in [2.45, 2.75) is 43.7 Å². The van der Waals surface area contributed by atoms with Crippen LogP contribution in [0.2, 0.25) is 0 Å². The fraction of sp³-hybridized carbons (Fsp3) is 0.889. The quantitative estimate of drug-likeness (QED) is 0.266. The Morgan fingerprint density at radius 1 is 1.35 bits per heavy atom. The highest BCUT2D eigenvalue weighted by Gasteiger charge is 2.55. The predicted molar refractivity (Wildman–Crippen MR) is 51.3 cm³/mol. The second-order valence-electron chi connectivity index (χ2n) is 3.72. The Kier molecular flexibility index (Phi) is 4.42. The van der Waals surface area contributed by atoms with E-state index in [2.05, 4.69) is 4.74 Å². The van der Waals surface area contributed by atoms with Crippen LogP contribution < -0.4 is 0 Å². The number of carbonyl (C=O) groups is 1. The van der Waals surface area contributed by atoms with E-state index in [9.17, 15) is 25.2 Å². The molecule has 0 aromatic carbocycles. The van der Waals surface area contributed by atoms with Crippen molar-refractivity contribution in [1.29, 1.82) is 0 Å². The molecule has 0 saturated carbocycles. The minimum absolute atomic E-state index is 0.0825.